The number of amides is 1. The molecule has 9 nitrogen and oxygen atoms in total. The number of carbonyl (C=O) groups is 1. The van der Waals surface area contributed by atoms with Crippen LogP contribution in [0.1, 0.15) is 51.8 Å². The minimum atomic E-state index is -1.60. The summed E-state index contributed by atoms with van der Waals surface area (Å²) in [6.45, 7) is 6.13. The second-order valence-corrected chi connectivity index (χ2v) is 10.7. The minimum absolute atomic E-state index is 0.107. The molecule has 0 spiro atoms. The fourth-order valence-corrected chi connectivity index (χ4v) is 7.36. The molecule has 3 aliphatic heterocycles. The minimum Gasteiger partial charge on any atom is -0.349 e. The summed E-state index contributed by atoms with van der Waals surface area (Å²) in [5.74, 6) is -0.244. The van der Waals surface area contributed by atoms with E-state index in [0.29, 0.717) is 6.42 Å². The van der Waals surface area contributed by atoms with Crippen molar-refractivity contribution in [3.05, 3.63) is 58.6 Å². The van der Waals surface area contributed by atoms with Crippen LogP contribution in [0.5, 0.6) is 0 Å². The van der Waals surface area contributed by atoms with Gasteiger partial charge in [0.25, 0.3) is 8.53 Å². The third-order valence-electron chi connectivity index (χ3n) is 6.97. The molecule has 4 heterocycles. The van der Waals surface area contributed by atoms with E-state index in [1.165, 1.54) is 19.2 Å². The maximum absolute atomic E-state index is 15.8. The van der Waals surface area contributed by atoms with Gasteiger partial charge in [0, 0.05) is 19.7 Å². The van der Waals surface area contributed by atoms with Gasteiger partial charge < -0.3 is 19.1 Å². The standard InChI is InChI=1S/C24H30FN4O5P/c1-4-17-21(20(25)22(32-17)28-14-12-19(26-15(2)30)27-23(28)31)33-35-29-13-8-11-18(29)24(3,34-35)16-9-6-5-7-10-16/h5-7,9-10,12,14,17-18,20-22H,4,8,11,13H2,1-3H3,(H,26,27,30,31)/t17-,18+,20?,21+,22-,24-,35+/m1/s1. The van der Waals surface area contributed by atoms with Crippen LogP contribution in [-0.4, -0.2) is 51.1 Å². The van der Waals surface area contributed by atoms with E-state index in [1.54, 1.807) is 0 Å². The van der Waals surface area contributed by atoms with Crippen LogP contribution in [0, 0.1) is 0 Å². The Balaban J connectivity index is 1.37. The summed E-state index contributed by atoms with van der Waals surface area (Å²) < 4.78 is 38.0. The van der Waals surface area contributed by atoms with Gasteiger partial charge in [-0.3, -0.25) is 9.36 Å². The van der Waals surface area contributed by atoms with E-state index in [2.05, 4.69) is 34.0 Å². The van der Waals surface area contributed by atoms with Crippen LogP contribution in [0.3, 0.4) is 0 Å². The molecule has 11 heteroatoms. The van der Waals surface area contributed by atoms with Crippen LogP contribution in [0.4, 0.5) is 10.2 Å². The topological polar surface area (TPSA) is 94.9 Å². The lowest BCUT2D eigenvalue weighted by Gasteiger charge is -2.29. The number of rotatable bonds is 6. The molecule has 1 N–H and O–H groups in total. The Labute approximate surface area is 204 Å². The molecule has 3 aliphatic rings. The molecule has 0 saturated carbocycles. The number of halogens is 1. The first-order valence-corrected chi connectivity index (χ1v) is 13.1. The number of benzene rings is 1. The monoisotopic (exact) mass is 504 g/mol. The third kappa shape index (κ3) is 4.42. The van der Waals surface area contributed by atoms with Gasteiger partial charge in [-0.2, -0.15) is 4.98 Å². The van der Waals surface area contributed by atoms with Crippen molar-refractivity contribution in [3.63, 3.8) is 0 Å². The first-order valence-electron chi connectivity index (χ1n) is 12.0. The van der Waals surface area contributed by atoms with E-state index in [9.17, 15) is 9.59 Å². The molecule has 1 aromatic carbocycles. The third-order valence-corrected chi connectivity index (χ3v) is 8.83. The highest BCUT2D eigenvalue weighted by Gasteiger charge is 2.57. The Hall–Kier alpha value is -2.23. The van der Waals surface area contributed by atoms with Crippen molar-refractivity contribution in [2.45, 2.75) is 76.3 Å². The van der Waals surface area contributed by atoms with Crippen molar-refractivity contribution >= 4 is 20.3 Å². The average Bonchev–Trinajstić information content (AvgIpc) is 3.51. The molecule has 1 amide bonds. The van der Waals surface area contributed by atoms with Crippen LogP contribution in [0.25, 0.3) is 0 Å². The summed E-state index contributed by atoms with van der Waals surface area (Å²) >= 11 is 0. The Morgan fingerprint density at radius 2 is 2.11 bits per heavy atom. The largest absolute Gasteiger partial charge is 0.351 e. The normalized spacial score (nSPS) is 34.7. The Bertz CT molecular complexity index is 1140. The number of aromatic nitrogens is 2. The number of nitrogens with zero attached hydrogens (tertiary/aromatic N) is 3. The Kier molecular flexibility index (Phi) is 6.76. The molecule has 7 atom stereocenters. The number of anilines is 1. The molecule has 1 aromatic heterocycles. The SMILES string of the molecule is CC[C@H]1O[C@@H](n2ccc(NC(C)=O)nc2=O)C(F)[C@H]1O[P@@]1O[C@](C)(c2ccccc2)[C@@H]2CCCN21. The van der Waals surface area contributed by atoms with Crippen molar-refractivity contribution in [3.8, 4) is 0 Å². The molecule has 188 valence electrons. The highest BCUT2D eigenvalue weighted by molar-refractivity contribution is 7.45. The number of hydrogen-bond acceptors (Lipinski definition) is 7. The number of nitrogens with one attached hydrogen (secondary N) is 1. The molecule has 0 bridgehead atoms. The Morgan fingerprint density at radius 3 is 2.80 bits per heavy atom. The molecule has 0 radical (unpaired) electrons. The van der Waals surface area contributed by atoms with Gasteiger partial charge in [-0.15, -0.1) is 0 Å². The van der Waals surface area contributed by atoms with E-state index in [0.717, 1.165) is 29.5 Å². The first-order chi connectivity index (χ1) is 16.8. The zero-order valence-corrected chi connectivity index (χ0v) is 20.9. The van der Waals surface area contributed by atoms with Gasteiger partial charge in [0.05, 0.1) is 12.1 Å². The van der Waals surface area contributed by atoms with E-state index < -0.39 is 44.4 Å². The summed E-state index contributed by atoms with van der Waals surface area (Å²) in [5.41, 5.74) is -0.179. The van der Waals surface area contributed by atoms with Crippen molar-refractivity contribution in [2.75, 3.05) is 11.9 Å². The summed E-state index contributed by atoms with van der Waals surface area (Å²) in [4.78, 5) is 27.7. The molecule has 2 aromatic rings. The Morgan fingerprint density at radius 1 is 1.34 bits per heavy atom. The van der Waals surface area contributed by atoms with Crippen molar-refractivity contribution in [1.82, 2.24) is 14.2 Å². The molecular weight excluding hydrogens is 474 g/mol. The predicted octanol–water partition coefficient (Wildman–Crippen LogP) is 3.87. The van der Waals surface area contributed by atoms with Gasteiger partial charge in [0.2, 0.25) is 5.91 Å². The molecule has 35 heavy (non-hydrogen) atoms. The summed E-state index contributed by atoms with van der Waals surface area (Å²) in [6.07, 6.45) is -0.310. The number of alkyl halides is 1. The van der Waals surface area contributed by atoms with Gasteiger partial charge in [-0.25, -0.2) is 13.9 Å². The average molecular weight is 504 g/mol. The van der Waals surface area contributed by atoms with Crippen molar-refractivity contribution < 1.29 is 23.0 Å². The van der Waals surface area contributed by atoms with Crippen LogP contribution < -0.4 is 11.0 Å². The lowest BCUT2D eigenvalue weighted by Crippen LogP contribution is -2.37. The van der Waals surface area contributed by atoms with Gasteiger partial charge in [-0.05, 0) is 37.8 Å². The van der Waals surface area contributed by atoms with Crippen LogP contribution in [0.2, 0.25) is 0 Å². The predicted molar refractivity (Wildman–Crippen MR) is 128 cm³/mol. The molecule has 3 fully saturated rings. The number of hydrogen-bond donors (Lipinski definition) is 1. The summed E-state index contributed by atoms with van der Waals surface area (Å²) in [5, 5.41) is 2.45. The second-order valence-electron chi connectivity index (χ2n) is 9.29. The van der Waals surface area contributed by atoms with Crippen LogP contribution in [-0.2, 0) is 24.2 Å². The fraction of sp³-hybridized carbons (Fsp3) is 0.542. The summed E-state index contributed by atoms with van der Waals surface area (Å²) in [7, 11) is -1.51. The maximum atomic E-state index is 15.8. The number of fused-ring (bicyclic) bond motifs is 1. The molecule has 5 rings (SSSR count). The highest BCUT2D eigenvalue weighted by atomic mass is 31.2. The maximum Gasteiger partial charge on any atom is 0.351 e. The van der Waals surface area contributed by atoms with Crippen molar-refractivity contribution in [1.29, 1.82) is 0 Å². The smallest absolute Gasteiger partial charge is 0.349 e. The number of carbonyl (C=O) groups excluding carboxylic acids is 1. The number of ether oxygens (including phenoxy) is 1. The van der Waals surface area contributed by atoms with Gasteiger partial charge in [0.15, 0.2) is 12.4 Å². The van der Waals surface area contributed by atoms with Crippen molar-refractivity contribution in [2.24, 2.45) is 0 Å². The fourth-order valence-electron chi connectivity index (χ4n) is 5.21. The highest BCUT2D eigenvalue weighted by Crippen LogP contribution is 2.64. The van der Waals surface area contributed by atoms with Crippen LogP contribution >= 0.6 is 8.53 Å². The van der Waals surface area contributed by atoms with Gasteiger partial charge in [-0.1, -0.05) is 37.3 Å². The van der Waals surface area contributed by atoms with E-state index in [-0.39, 0.29) is 17.8 Å². The second kappa shape index (κ2) is 9.67. The lowest BCUT2D eigenvalue weighted by atomic mass is 9.87. The summed E-state index contributed by atoms with van der Waals surface area (Å²) in [6, 6.07) is 11.7. The van der Waals surface area contributed by atoms with Crippen LogP contribution in [0.15, 0.2) is 47.4 Å². The lowest BCUT2D eigenvalue weighted by molar-refractivity contribution is -0.114. The van der Waals surface area contributed by atoms with Gasteiger partial charge >= 0.3 is 5.69 Å². The first kappa shape index (κ1) is 24.5. The molecule has 0 aliphatic carbocycles. The zero-order chi connectivity index (χ0) is 24.7. The molecule has 3 saturated heterocycles. The molecular formula is C24H30FN4O5P. The van der Waals surface area contributed by atoms with Gasteiger partial charge in [0.1, 0.15) is 17.5 Å². The quantitative estimate of drug-likeness (QED) is 0.597. The van der Waals surface area contributed by atoms with E-state index in [4.69, 9.17) is 13.8 Å². The van der Waals surface area contributed by atoms with E-state index >= 15 is 4.39 Å². The molecule has 1 unspecified atom stereocenters. The zero-order valence-electron chi connectivity index (χ0n) is 20.0. The van der Waals surface area contributed by atoms with E-state index in [1.807, 2.05) is 25.1 Å².